The Balaban J connectivity index is 3.13. The van der Waals surface area contributed by atoms with Crippen molar-refractivity contribution in [1.29, 1.82) is 0 Å². The molecule has 14 heavy (non-hydrogen) atoms. The van der Waals surface area contributed by atoms with Crippen LogP contribution in [0.3, 0.4) is 0 Å². The Morgan fingerprint density at radius 3 is 2.86 bits per heavy atom. The summed E-state index contributed by atoms with van der Waals surface area (Å²) >= 11 is 3.08. The first-order chi connectivity index (χ1) is 6.56. The zero-order valence-corrected chi connectivity index (χ0v) is 9.17. The molecule has 3 N–H and O–H groups in total. The lowest BCUT2D eigenvalue weighted by molar-refractivity contribution is 0.0525. The molecule has 1 rings (SSSR count). The highest BCUT2D eigenvalue weighted by Crippen LogP contribution is 2.30. The number of aromatic hydroxyl groups is 1. The molecule has 5 heteroatoms. The predicted molar refractivity (Wildman–Crippen MR) is 56.2 cm³/mol. The van der Waals surface area contributed by atoms with E-state index in [9.17, 15) is 9.90 Å². The number of nitrogens with two attached hydrogens (primary N) is 1. The first-order valence-corrected chi connectivity index (χ1v) is 4.80. The second-order valence-corrected chi connectivity index (χ2v) is 3.42. The minimum Gasteiger partial charge on any atom is -0.507 e. The molecule has 0 bridgehead atoms. The summed E-state index contributed by atoms with van der Waals surface area (Å²) in [5.41, 5.74) is 6.01. The average Bonchev–Trinajstić information content (AvgIpc) is 2.11. The maximum absolute atomic E-state index is 11.4. The zero-order chi connectivity index (χ0) is 10.7. The number of halogens is 1. The molecule has 4 nitrogen and oxygen atoms in total. The highest BCUT2D eigenvalue weighted by Gasteiger charge is 2.14. The highest BCUT2D eigenvalue weighted by atomic mass is 79.9. The maximum Gasteiger partial charge on any atom is 0.339 e. The van der Waals surface area contributed by atoms with E-state index in [0.717, 1.165) is 0 Å². The summed E-state index contributed by atoms with van der Waals surface area (Å²) in [6.07, 6.45) is 0. The number of benzene rings is 1. The third-order valence-corrected chi connectivity index (χ3v) is 2.40. The third-order valence-electron chi connectivity index (χ3n) is 1.57. The van der Waals surface area contributed by atoms with Gasteiger partial charge in [-0.1, -0.05) is 0 Å². The van der Waals surface area contributed by atoms with Crippen LogP contribution in [-0.4, -0.2) is 17.7 Å². The van der Waals surface area contributed by atoms with Crippen LogP contribution in [0, 0.1) is 0 Å². The number of phenolic OH excluding ortho intramolecular Hbond substituents is 1. The highest BCUT2D eigenvalue weighted by molar-refractivity contribution is 9.10. The van der Waals surface area contributed by atoms with Gasteiger partial charge in [-0.05, 0) is 28.9 Å². The second-order valence-electron chi connectivity index (χ2n) is 2.62. The van der Waals surface area contributed by atoms with Crippen LogP contribution in [-0.2, 0) is 4.74 Å². The summed E-state index contributed by atoms with van der Waals surface area (Å²) in [7, 11) is 0. The van der Waals surface area contributed by atoms with E-state index in [1.165, 1.54) is 12.1 Å². The van der Waals surface area contributed by atoms with Gasteiger partial charge in [0.15, 0.2) is 0 Å². The minimum absolute atomic E-state index is 0.0759. The topological polar surface area (TPSA) is 72.5 Å². The van der Waals surface area contributed by atoms with Gasteiger partial charge in [0.2, 0.25) is 0 Å². The first-order valence-electron chi connectivity index (χ1n) is 4.01. The van der Waals surface area contributed by atoms with Crippen molar-refractivity contribution in [3.8, 4) is 5.75 Å². The number of phenols is 1. The van der Waals surface area contributed by atoms with Crippen molar-refractivity contribution < 1.29 is 14.6 Å². The summed E-state index contributed by atoms with van der Waals surface area (Å²) in [4.78, 5) is 11.4. The maximum atomic E-state index is 11.4. The monoisotopic (exact) mass is 259 g/mol. The van der Waals surface area contributed by atoms with Crippen molar-refractivity contribution in [2.24, 2.45) is 0 Å². The number of hydrogen-bond acceptors (Lipinski definition) is 4. The Hall–Kier alpha value is -1.23. The molecule has 0 aromatic heterocycles. The standard InChI is InChI=1S/C9H10BrNO3/c1-2-14-9(13)6-3-5(11)4-7(12)8(6)10/h3-4,12H,2,11H2,1H3. The number of carbonyl (C=O) groups is 1. The molecule has 0 atom stereocenters. The molecule has 0 saturated heterocycles. The van der Waals surface area contributed by atoms with Gasteiger partial charge in [0.05, 0.1) is 16.6 Å². The summed E-state index contributed by atoms with van der Waals surface area (Å²) in [6, 6.07) is 2.80. The molecule has 1 aromatic rings. The molecule has 0 amide bonds. The molecule has 0 aliphatic heterocycles. The van der Waals surface area contributed by atoms with Crippen LogP contribution in [0.4, 0.5) is 5.69 Å². The van der Waals surface area contributed by atoms with E-state index in [1.54, 1.807) is 6.92 Å². The molecule has 0 fully saturated rings. The van der Waals surface area contributed by atoms with Crippen molar-refractivity contribution in [2.75, 3.05) is 12.3 Å². The fourth-order valence-corrected chi connectivity index (χ4v) is 1.38. The summed E-state index contributed by atoms with van der Waals surface area (Å²) < 4.78 is 5.08. The van der Waals surface area contributed by atoms with E-state index < -0.39 is 5.97 Å². The van der Waals surface area contributed by atoms with E-state index in [2.05, 4.69) is 15.9 Å². The summed E-state index contributed by atoms with van der Waals surface area (Å²) in [5.74, 6) is -0.588. The van der Waals surface area contributed by atoms with Gasteiger partial charge < -0.3 is 15.6 Å². The van der Waals surface area contributed by atoms with Crippen molar-refractivity contribution in [3.05, 3.63) is 22.2 Å². The quantitative estimate of drug-likeness (QED) is 0.629. The lowest BCUT2D eigenvalue weighted by Crippen LogP contribution is -2.06. The zero-order valence-electron chi connectivity index (χ0n) is 7.58. The molecule has 0 radical (unpaired) electrons. The molecule has 1 aromatic carbocycles. The van der Waals surface area contributed by atoms with Crippen molar-refractivity contribution in [2.45, 2.75) is 6.92 Å². The molecular weight excluding hydrogens is 250 g/mol. The molecule has 0 unspecified atom stereocenters. The van der Waals surface area contributed by atoms with Crippen LogP contribution in [0.1, 0.15) is 17.3 Å². The fraction of sp³-hybridized carbons (Fsp3) is 0.222. The molecule has 0 heterocycles. The Morgan fingerprint density at radius 2 is 2.29 bits per heavy atom. The fourth-order valence-electron chi connectivity index (χ4n) is 0.988. The molecule has 0 aliphatic rings. The Bertz CT molecular complexity index is 365. The van der Waals surface area contributed by atoms with Crippen LogP contribution in [0.15, 0.2) is 16.6 Å². The first kappa shape index (κ1) is 10.8. The number of rotatable bonds is 2. The van der Waals surface area contributed by atoms with Crippen molar-refractivity contribution in [1.82, 2.24) is 0 Å². The van der Waals surface area contributed by atoms with E-state index >= 15 is 0 Å². The van der Waals surface area contributed by atoms with Gasteiger partial charge in [-0.3, -0.25) is 0 Å². The van der Waals surface area contributed by atoms with E-state index in [1.807, 2.05) is 0 Å². The van der Waals surface area contributed by atoms with Crippen molar-refractivity contribution >= 4 is 27.6 Å². The van der Waals surface area contributed by atoms with Gasteiger partial charge in [-0.15, -0.1) is 0 Å². The van der Waals surface area contributed by atoms with Crippen LogP contribution < -0.4 is 5.73 Å². The Kier molecular flexibility index (Phi) is 3.35. The molecule has 76 valence electrons. The smallest absolute Gasteiger partial charge is 0.339 e. The van der Waals surface area contributed by atoms with Gasteiger partial charge in [0.25, 0.3) is 0 Å². The van der Waals surface area contributed by atoms with E-state index in [4.69, 9.17) is 10.5 Å². The molecule has 0 aliphatic carbocycles. The van der Waals surface area contributed by atoms with Crippen LogP contribution in [0.25, 0.3) is 0 Å². The summed E-state index contributed by atoms with van der Waals surface area (Å²) in [5, 5.41) is 9.36. The molecule has 0 spiro atoms. The minimum atomic E-state index is -0.512. The lowest BCUT2D eigenvalue weighted by Gasteiger charge is -2.06. The Labute approximate surface area is 89.8 Å². The van der Waals surface area contributed by atoms with Gasteiger partial charge in [0, 0.05) is 11.8 Å². The van der Waals surface area contributed by atoms with Crippen LogP contribution in [0.5, 0.6) is 5.75 Å². The van der Waals surface area contributed by atoms with E-state index in [0.29, 0.717) is 10.2 Å². The third kappa shape index (κ3) is 2.17. The molecular formula is C9H10BrNO3. The number of carbonyl (C=O) groups excluding carboxylic acids is 1. The Morgan fingerprint density at radius 1 is 1.64 bits per heavy atom. The average molecular weight is 260 g/mol. The van der Waals surface area contributed by atoms with Gasteiger partial charge >= 0.3 is 5.97 Å². The predicted octanol–water partition coefficient (Wildman–Crippen LogP) is 1.91. The number of hydrogen-bond donors (Lipinski definition) is 2. The number of nitrogen functional groups attached to an aromatic ring is 1. The van der Waals surface area contributed by atoms with Gasteiger partial charge in [0.1, 0.15) is 5.75 Å². The summed E-state index contributed by atoms with van der Waals surface area (Å²) in [6.45, 7) is 1.98. The number of ether oxygens (including phenoxy) is 1. The van der Waals surface area contributed by atoms with Gasteiger partial charge in [-0.2, -0.15) is 0 Å². The van der Waals surface area contributed by atoms with Crippen LogP contribution >= 0.6 is 15.9 Å². The lowest BCUT2D eigenvalue weighted by atomic mass is 10.2. The normalized spacial score (nSPS) is 9.86. The van der Waals surface area contributed by atoms with Gasteiger partial charge in [-0.25, -0.2) is 4.79 Å². The van der Waals surface area contributed by atoms with E-state index in [-0.39, 0.29) is 17.9 Å². The number of esters is 1. The molecule has 0 saturated carbocycles. The second kappa shape index (κ2) is 4.32. The van der Waals surface area contributed by atoms with Crippen molar-refractivity contribution in [3.63, 3.8) is 0 Å². The number of anilines is 1. The SMILES string of the molecule is CCOC(=O)c1cc(N)cc(O)c1Br. The largest absolute Gasteiger partial charge is 0.507 e. The van der Waals surface area contributed by atoms with Crippen LogP contribution in [0.2, 0.25) is 0 Å².